The first kappa shape index (κ1) is 16.3. The summed E-state index contributed by atoms with van der Waals surface area (Å²) in [5.41, 5.74) is 4.51. The Balaban J connectivity index is 1.51. The number of carbonyl (C=O) groups is 1. The van der Waals surface area contributed by atoms with Gasteiger partial charge >= 0.3 is 0 Å². The van der Waals surface area contributed by atoms with E-state index in [1.54, 1.807) is 0 Å². The van der Waals surface area contributed by atoms with E-state index in [2.05, 4.69) is 45.0 Å². The lowest BCUT2D eigenvalue weighted by atomic mass is 9.87. The van der Waals surface area contributed by atoms with Gasteiger partial charge in [-0.3, -0.25) is 9.48 Å². The van der Waals surface area contributed by atoms with Crippen LogP contribution in [-0.4, -0.2) is 52.2 Å². The van der Waals surface area contributed by atoms with Crippen LogP contribution >= 0.6 is 0 Å². The van der Waals surface area contributed by atoms with E-state index in [0.717, 1.165) is 43.0 Å². The summed E-state index contributed by atoms with van der Waals surface area (Å²) in [6, 6.07) is 10.3. The first-order chi connectivity index (χ1) is 13.3. The van der Waals surface area contributed by atoms with Gasteiger partial charge in [0, 0.05) is 49.4 Å². The van der Waals surface area contributed by atoms with Crippen molar-refractivity contribution in [3.05, 3.63) is 71.8 Å². The smallest absolute Gasteiger partial charge is 0.163 e. The van der Waals surface area contributed by atoms with Gasteiger partial charge in [0.2, 0.25) is 0 Å². The molecule has 1 aromatic carbocycles. The number of hydrogen-bond acceptors (Lipinski definition) is 5. The second-order valence-electron chi connectivity index (χ2n) is 7.37. The molecule has 2 unspecified atom stereocenters. The summed E-state index contributed by atoms with van der Waals surface area (Å²) < 4.78 is 1.96. The molecule has 1 aromatic heterocycles. The lowest BCUT2D eigenvalue weighted by Crippen LogP contribution is -2.60. The van der Waals surface area contributed by atoms with Crippen molar-refractivity contribution in [1.82, 2.24) is 25.3 Å². The molecule has 3 aliphatic rings. The molecule has 0 bridgehead atoms. The molecule has 27 heavy (non-hydrogen) atoms. The fourth-order valence-electron chi connectivity index (χ4n) is 4.33. The number of nitrogens with zero attached hydrogens (tertiary/aromatic N) is 3. The normalized spacial score (nSPS) is 24.4. The van der Waals surface area contributed by atoms with Gasteiger partial charge in [-0.25, -0.2) is 0 Å². The highest BCUT2D eigenvalue weighted by Crippen LogP contribution is 2.34. The number of rotatable bonds is 3. The molecule has 0 aliphatic carbocycles. The number of hydrogen-bond donors (Lipinski definition) is 2. The van der Waals surface area contributed by atoms with Gasteiger partial charge in [-0.05, 0) is 17.8 Å². The molecule has 2 saturated heterocycles. The molecular formula is C21H23N5O. The number of nitrogens with one attached hydrogen (secondary N) is 2. The number of piperazine rings is 1. The molecule has 6 heteroatoms. The average Bonchev–Trinajstić information content (AvgIpc) is 3.17. The third kappa shape index (κ3) is 2.96. The maximum Gasteiger partial charge on any atom is 0.163 e. The zero-order valence-electron chi connectivity index (χ0n) is 15.1. The van der Waals surface area contributed by atoms with Crippen molar-refractivity contribution in [3.63, 3.8) is 0 Å². The molecule has 2 aromatic rings. The molecule has 138 valence electrons. The van der Waals surface area contributed by atoms with Crippen LogP contribution in [0.5, 0.6) is 0 Å². The van der Waals surface area contributed by atoms with Crippen molar-refractivity contribution in [1.29, 1.82) is 0 Å². The summed E-state index contributed by atoms with van der Waals surface area (Å²) in [5.74, 6) is 0.272. The van der Waals surface area contributed by atoms with Crippen molar-refractivity contribution in [3.8, 4) is 0 Å². The summed E-state index contributed by atoms with van der Waals surface area (Å²) in [6.07, 6.45) is 8.57. The van der Waals surface area contributed by atoms with Gasteiger partial charge in [0.1, 0.15) is 6.04 Å². The Morgan fingerprint density at radius 1 is 1.22 bits per heavy atom. The second kappa shape index (κ2) is 6.70. The Labute approximate surface area is 158 Å². The molecule has 4 heterocycles. The van der Waals surface area contributed by atoms with Crippen LogP contribution in [0, 0.1) is 0 Å². The molecule has 0 spiro atoms. The number of carbonyl (C=O) groups excluding carboxylic acids is 1. The summed E-state index contributed by atoms with van der Waals surface area (Å²) in [5, 5.41) is 11.2. The predicted molar refractivity (Wildman–Crippen MR) is 104 cm³/mol. The molecule has 0 saturated carbocycles. The molecule has 6 nitrogen and oxygen atoms in total. The number of benzene rings is 1. The van der Waals surface area contributed by atoms with Crippen LogP contribution in [0.3, 0.4) is 0 Å². The van der Waals surface area contributed by atoms with Crippen LogP contribution in [-0.2, 0) is 11.3 Å². The maximum absolute atomic E-state index is 12.7. The van der Waals surface area contributed by atoms with Crippen molar-refractivity contribution in [2.75, 3.05) is 19.6 Å². The highest BCUT2D eigenvalue weighted by molar-refractivity contribution is 5.94. The summed E-state index contributed by atoms with van der Waals surface area (Å²) in [6.45, 7) is 3.49. The molecule has 2 atom stereocenters. The minimum atomic E-state index is -0.239. The van der Waals surface area contributed by atoms with Gasteiger partial charge in [-0.15, -0.1) is 0 Å². The van der Waals surface area contributed by atoms with Gasteiger partial charge in [0.15, 0.2) is 5.78 Å². The van der Waals surface area contributed by atoms with E-state index in [-0.39, 0.29) is 17.9 Å². The summed E-state index contributed by atoms with van der Waals surface area (Å²) in [7, 11) is 0. The summed E-state index contributed by atoms with van der Waals surface area (Å²) in [4.78, 5) is 15.1. The van der Waals surface area contributed by atoms with Crippen LogP contribution in [0.15, 0.2) is 60.7 Å². The third-order valence-electron chi connectivity index (χ3n) is 5.61. The van der Waals surface area contributed by atoms with Crippen molar-refractivity contribution in [2.24, 2.45) is 0 Å². The maximum atomic E-state index is 12.7. The van der Waals surface area contributed by atoms with Crippen LogP contribution in [0.4, 0.5) is 0 Å². The number of piperidine rings is 1. The molecule has 5 rings (SSSR count). The van der Waals surface area contributed by atoms with E-state index in [0.29, 0.717) is 6.42 Å². The highest BCUT2D eigenvalue weighted by Gasteiger charge is 2.41. The van der Waals surface area contributed by atoms with Crippen LogP contribution in [0.1, 0.15) is 17.5 Å². The number of fused-ring (bicyclic) bond motifs is 3. The van der Waals surface area contributed by atoms with E-state index in [1.165, 1.54) is 5.56 Å². The van der Waals surface area contributed by atoms with Gasteiger partial charge in [-0.1, -0.05) is 30.3 Å². The van der Waals surface area contributed by atoms with Crippen molar-refractivity contribution < 1.29 is 4.79 Å². The minimum absolute atomic E-state index is 0.239. The first-order valence-electron chi connectivity index (χ1n) is 9.53. The quantitative estimate of drug-likeness (QED) is 0.865. The van der Waals surface area contributed by atoms with Crippen LogP contribution in [0.25, 0.3) is 5.57 Å². The highest BCUT2D eigenvalue weighted by atomic mass is 16.1. The zero-order chi connectivity index (χ0) is 18.2. The van der Waals surface area contributed by atoms with Crippen LogP contribution in [0.2, 0.25) is 0 Å². The number of ketones is 1. The third-order valence-corrected chi connectivity index (χ3v) is 5.61. The van der Waals surface area contributed by atoms with E-state index in [9.17, 15) is 4.79 Å². The van der Waals surface area contributed by atoms with Gasteiger partial charge in [0.25, 0.3) is 0 Å². The Morgan fingerprint density at radius 2 is 2.11 bits per heavy atom. The Kier molecular flexibility index (Phi) is 4.05. The van der Waals surface area contributed by atoms with Gasteiger partial charge < -0.3 is 15.5 Å². The number of dihydropyridines is 1. The van der Waals surface area contributed by atoms with Gasteiger partial charge in [-0.2, -0.15) is 5.10 Å². The number of allylic oxidation sites excluding steroid dienone is 2. The Hall–Kier alpha value is -2.86. The molecule has 2 N–H and O–H groups in total. The Bertz CT molecular complexity index is 914. The fourth-order valence-corrected chi connectivity index (χ4v) is 4.33. The Morgan fingerprint density at radius 3 is 3.00 bits per heavy atom. The molecule has 0 radical (unpaired) electrons. The predicted octanol–water partition coefficient (Wildman–Crippen LogP) is 1.37. The first-order valence-corrected chi connectivity index (χ1v) is 9.53. The van der Waals surface area contributed by atoms with Gasteiger partial charge in [0.05, 0.1) is 18.4 Å². The molecular weight excluding hydrogens is 338 g/mol. The topological polar surface area (TPSA) is 62.2 Å². The fraction of sp³-hybridized carbons (Fsp3) is 0.333. The standard InChI is InChI=1S/C21H23N5O/c27-19-10-17-12-22-8-9-26(17)21-18(6-7-23-20(19)21)16-11-24-25(14-16)13-15-4-2-1-3-5-15/h1-7,11,14,17,20,22-23H,8-10,12-13H2. The largest absolute Gasteiger partial charge is 0.376 e. The van der Waals surface area contributed by atoms with Crippen molar-refractivity contribution in [2.45, 2.75) is 25.0 Å². The van der Waals surface area contributed by atoms with E-state index in [4.69, 9.17) is 0 Å². The lowest BCUT2D eigenvalue weighted by Gasteiger charge is -2.47. The van der Waals surface area contributed by atoms with E-state index in [1.807, 2.05) is 35.3 Å². The minimum Gasteiger partial charge on any atom is -0.376 e. The molecule has 2 fully saturated rings. The van der Waals surface area contributed by atoms with Crippen molar-refractivity contribution >= 4 is 11.4 Å². The lowest BCUT2D eigenvalue weighted by molar-refractivity contribution is -0.123. The average molecular weight is 361 g/mol. The molecule has 0 amide bonds. The number of aromatic nitrogens is 2. The van der Waals surface area contributed by atoms with E-state index >= 15 is 0 Å². The second-order valence-corrected chi connectivity index (χ2v) is 7.37. The monoisotopic (exact) mass is 361 g/mol. The van der Waals surface area contributed by atoms with E-state index < -0.39 is 0 Å². The van der Waals surface area contributed by atoms with Crippen LogP contribution < -0.4 is 10.6 Å². The zero-order valence-corrected chi connectivity index (χ0v) is 15.1. The molecule has 3 aliphatic heterocycles. The summed E-state index contributed by atoms with van der Waals surface area (Å²) >= 11 is 0. The number of Topliss-reactive ketones (excluding diaryl/α,β-unsaturated/α-hetero) is 1. The SMILES string of the molecule is O=C1CC2CNCCN2C2=C(c3cnn(Cc4ccccc4)c3)C=CNC12.